The Labute approximate surface area is 119 Å². The number of unbranched alkanes of at least 4 members (excludes halogenated alkanes) is 1. The number of thioether (sulfide) groups is 2. The monoisotopic (exact) mass is 290 g/mol. The van der Waals surface area contributed by atoms with Crippen LogP contribution in [0.15, 0.2) is 0 Å². The van der Waals surface area contributed by atoms with Crippen LogP contribution in [0.1, 0.15) is 58.3 Å². The van der Waals surface area contributed by atoms with E-state index in [0.29, 0.717) is 4.08 Å². The lowest BCUT2D eigenvalue weighted by molar-refractivity contribution is 0.313. The average Bonchev–Trinajstić information content (AvgIpc) is 2.29. The van der Waals surface area contributed by atoms with Gasteiger partial charge in [-0.15, -0.1) is 11.8 Å². The lowest BCUT2D eigenvalue weighted by Gasteiger charge is -2.43. The third kappa shape index (κ3) is 4.03. The summed E-state index contributed by atoms with van der Waals surface area (Å²) in [5.74, 6) is 0. The fourth-order valence-electron chi connectivity index (χ4n) is 2.61. The molecule has 0 aliphatic carbocycles. The maximum atomic E-state index is 5.65. The van der Waals surface area contributed by atoms with E-state index in [0.717, 1.165) is 22.7 Å². The Hall–Kier alpha value is 0.590. The zero-order chi connectivity index (χ0) is 12.1. The van der Waals surface area contributed by atoms with Gasteiger partial charge in [-0.25, -0.2) is 0 Å². The van der Waals surface area contributed by atoms with Crippen molar-refractivity contribution < 1.29 is 4.74 Å². The number of thiocarbonyl (C=S) groups is 1. The Morgan fingerprint density at radius 3 is 2.76 bits per heavy atom. The Balaban J connectivity index is 1.81. The Morgan fingerprint density at radius 1 is 1.41 bits per heavy atom. The summed E-state index contributed by atoms with van der Waals surface area (Å²) in [6.07, 6.45) is 10.5. The average molecular weight is 291 g/mol. The molecule has 2 bridgehead atoms. The molecule has 0 unspecified atom stereocenters. The van der Waals surface area contributed by atoms with Gasteiger partial charge in [-0.2, -0.15) is 0 Å². The van der Waals surface area contributed by atoms with E-state index in [9.17, 15) is 0 Å². The van der Waals surface area contributed by atoms with Gasteiger partial charge in [-0.1, -0.05) is 37.9 Å². The van der Waals surface area contributed by atoms with Gasteiger partial charge in [0.2, 0.25) is 4.38 Å². The summed E-state index contributed by atoms with van der Waals surface area (Å²) in [4.78, 5) is 0. The van der Waals surface area contributed by atoms with E-state index >= 15 is 0 Å². The van der Waals surface area contributed by atoms with E-state index in [1.807, 2.05) is 11.8 Å². The molecular weight excluding hydrogens is 268 g/mol. The third-order valence-electron chi connectivity index (χ3n) is 3.54. The van der Waals surface area contributed by atoms with Gasteiger partial charge in [0, 0.05) is 5.25 Å². The lowest BCUT2D eigenvalue weighted by atomic mass is 9.98. The van der Waals surface area contributed by atoms with E-state index in [1.165, 1.54) is 44.9 Å². The molecule has 2 heterocycles. The van der Waals surface area contributed by atoms with Crippen LogP contribution >= 0.6 is 35.7 Å². The molecule has 0 atom stereocenters. The van der Waals surface area contributed by atoms with Gasteiger partial charge in [0.25, 0.3) is 0 Å². The number of rotatable bonds is 4. The normalized spacial score (nSPS) is 32.2. The number of hydrogen-bond donors (Lipinski definition) is 0. The van der Waals surface area contributed by atoms with Crippen molar-refractivity contribution >= 4 is 40.1 Å². The lowest BCUT2D eigenvalue weighted by Crippen LogP contribution is -2.34. The Bertz CT molecular complexity index is 257. The van der Waals surface area contributed by atoms with Crippen molar-refractivity contribution in [2.45, 2.75) is 67.6 Å². The van der Waals surface area contributed by atoms with Crippen molar-refractivity contribution in [3.63, 3.8) is 0 Å². The molecule has 2 fully saturated rings. The molecule has 0 amide bonds. The highest BCUT2D eigenvalue weighted by Gasteiger charge is 2.41. The van der Waals surface area contributed by atoms with Gasteiger partial charge in [-0.05, 0) is 44.3 Å². The first-order chi connectivity index (χ1) is 8.24. The minimum absolute atomic E-state index is 0.366. The van der Waals surface area contributed by atoms with Crippen LogP contribution in [0.4, 0.5) is 0 Å². The number of fused-ring (bicyclic) bond motifs is 2. The van der Waals surface area contributed by atoms with Crippen LogP contribution in [0, 0.1) is 0 Å². The first-order valence-electron chi connectivity index (χ1n) is 6.78. The highest BCUT2D eigenvalue weighted by molar-refractivity contribution is 8.31. The smallest absolute Gasteiger partial charge is 0.221 e. The van der Waals surface area contributed by atoms with Crippen LogP contribution in [-0.4, -0.2) is 20.3 Å². The summed E-state index contributed by atoms with van der Waals surface area (Å²) in [6, 6.07) is 0. The fraction of sp³-hybridized carbons (Fsp3) is 0.923. The second-order valence-corrected chi connectivity index (χ2v) is 8.92. The van der Waals surface area contributed by atoms with Gasteiger partial charge in [0.15, 0.2) is 0 Å². The molecule has 2 rings (SSSR count). The highest BCUT2D eigenvalue weighted by Crippen LogP contribution is 2.56. The van der Waals surface area contributed by atoms with Gasteiger partial charge in [-0.3, -0.25) is 0 Å². The molecule has 1 nitrogen and oxygen atoms in total. The predicted molar refractivity (Wildman–Crippen MR) is 82.9 cm³/mol. The van der Waals surface area contributed by atoms with Crippen molar-refractivity contribution in [3.05, 3.63) is 0 Å². The van der Waals surface area contributed by atoms with Crippen LogP contribution in [-0.2, 0) is 4.74 Å². The second-order valence-electron chi connectivity index (χ2n) is 4.99. The molecule has 2 saturated heterocycles. The van der Waals surface area contributed by atoms with E-state index in [2.05, 4.69) is 18.7 Å². The molecule has 98 valence electrons. The van der Waals surface area contributed by atoms with Crippen molar-refractivity contribution in [3.8, 4) is 0 Å². The summed E-state index contributed by atoms with van der Waals surface area (Å²) in [6.45, 7) is 2.98. The van der Waals surface area contributed by atoms with Crippen molar-refractivity contribution in [2.24, 2.45) is 0 Å². The van der Waals surface area contributed by atoms with Crippen molar-refractivity contribution in [2.75, 3.05) is 6.61 Å². The Kier molecular flexibility index (Phi) is 5.50. The predicted octanol–water partition coefficient (Wildman–Crippen LogP) is 4.99. The van der Waals surface area contributed by atoms with Crippen molar-refractivity contribution in [1.82, 2.24) is 0 Å². The highest BCUT2D eigenvalue weighted by atomic mass is 32.2. The molecular formula is C13H22OS3. The molecule has 0 aromatic rings. The summed E-state index contributed by atoms with van der Waals surface area (Å²) < 4.78 is 6.80. The van der Waals surface area contributed by atoms with E-state index < -0.39 is 0 Å². The molecule has 0 saturated carbocycles. The largest absolute Gasteiger partial charge is 0.479 e. The maximum absolute atomic E-state index is 5.65. The summed E-state index contributed by atoms with van der Waals surface area (Å²) in [5, 5.41) is 0.892. The van der Waals surface area contributed by atoms with Crippen molar-refractivity contribution in [1.29, 1.82) is 0 Å². The maximum Gasteiger partial charge on any atom is 0.221 e. The zero-order valence-corrected chi connectivity index (χ0v) is 13.0. The Morgan fingerprint density at radius 2 is 2.12 bits per heavy atom. The molecule has 0 N–H and O–H groups in total. The number of ether oxygens (including phenoxy) is 1. The standard InChI is InChI=1S/C13H22OS3/c1-2-3-10-14-12(15)17-13-8-4-6-11(16-13)7-5-9-13/h11H,2-10H2,1H3. The molecule has 0 aromatic heterocycles. The van der Waals surface area contributed by atoms with Gasteiger partial charge in [0.1, 0.15) is 0 Å². The fourth-order valence-corrected chi connectivity index (χ4v) is 6.80. The summed E-state index contributed by atoms with van der Waals surface area (Å²) in [7, 11) is 0. The first-order valence-corrected chi connectivity index (χ1v) is 8.88. The third-order valence-corrected chi connectivity index (χ3v) is 7.15. The molecule has 2 aliphatic rings. The minimum atomic E-state index is 0.366. The topological polar surface area (TPSA) is 9.23 Å². The SMILES string of the molecule is CCCCOC(=S)SC12CCCC(CCC1)S2. The van der Waals surface area contributed by atoms with Gasteiger partial charge < -0.3 is 4.74 Å². The van der Waals surface area contributed by atoms with Crippen LogP contribution < -0.4 is 0 Å². The summed E-state index contributed by atoms with van der Waals surface area (Å²) >= 11 is 9.41. The second kappa shape index (κ2) is 6.67. The van der Waals surface area contributed by atoms with Crippen LogP contribution in [0.5, 0.6) is 0 Å². The molecule has 0 radical (unpaired) electrons. The zero-order valence-electron chi connectivity index (χ0n) is 10.6. The molecule has 2 aliphatic heterocycles. The quantitative estimate of drug-likeness (QED) is 0.532. The molecule has 4 heteroatoms. The molecule has 17 heavy (non-hydrogen) atoms. The van der Waals surface area contributed by atoms with Gasteiger partial charge in [0.05, 0.1) is 10.7 Å². The number of hydrogen-bond acceptors (Lipinski definition) is 4. The summed E-state index contributed by atoms with van der Waals surface area (Å²) in [5.41, 5.74) is 0. The minimum Gasteiger partial charge on any atom is -0.479 e. The van der Waals surface area contributed by atoms with E-state index in [4.69, 9.17) is 17.0 Å². The van der Waals surface area contributed by atoms with Crippen LogP contribution in [0.2, 0.25) is 0 Å². The van der Waals surface area contributed by atoms with Crippen LogP contribution in [0.25, 0.3) is 0 Å². The molecule has 0 spiro atoms. The van der Waals surface area contributed by atoms with Crippen LogP contribution in [0.3, 0.4) is 0 Å². The first kappa shape index (κ1) is 14.0. The van der Waals surface area contributed by atoms with E-state index in [1.54, 1.807) is 0 Å². The molecule has 0 aromatic carbocycles. The van der Waals surface area contributed by atoms with Gasteiger partial charge >= 0.3 is 0 Å². The van der Waals surface area contributed by atoms with E-state index in [-0.39, 0.29) is 0 Å².